The molecule has 0 saturated carbocycles. The molecule has 84 heavy (non-hydrogen) atoms. The Kier molecular flexibility index (Phi) is 71.6. The number of aliphatic carboxylic acids is 3. The number of rotatable bonds is 39. The van der Waals surface area contributed by atoms with Crippen LogP contribution < -0.4 is 22.1 Å². The average molecular weight is 1200 g/mol. The molecule has 0 aromatic rings. The fraction of sp³-hybridized carbons (Fsp3) is 0.714. The molecule has 0 rings (SSSR count). The van der Waals surface area contributed by atoms with Crippen LogP contribution in [0.25, 0.3) is 0 Å². The molecule has 0 aliphatic rings. The lowest BCUT2D eigenvalue weighted by molar-refractivity contribution is -0.142. The van der Waals surface area contributed by atoms with Crippen LogP contribution in [0, 0.1) is 0 Å². The Hall–Kier alpha value is -5.42. The molecule has 0 unspecified atom stereocenters. The topological polar surface area (TPSA) is 326 Å². The number of hydrogen-bond acceptors (Lipinski definition) is 18. The van der Waals surface area contributed by atoms with E-state index < -0.39 is 30.0 Å². The number of aldehydes is 1. The summed E-state index contributed by atoms with van der Waals surface area (Å²) in [5.41, 5.74) is 10.5. The number of nitrogens with one attached hydrogen (secondary N) is 2. The van der Waals surface area contributed by atoms with Crippen molar-refractivity contribution < 1.29 is 68.0 Å². The molecule has 0 heterocycles. The highest BCUT2D eigenvalue weighted by Gasteiger charge is 2.19. The number of allylic oxidation sites excluding steroid dienone is 8. The Balaban J connectivity index is -0.000000165. The average Bonchev–Trinajstić information content (AvgIpc) is 3.41. The summed E-state index contributed by atoms with van der Waals surface area (Å²) in [6, 6.07) is -1.87. The van der Waals surface area contributed by atoms with Crippen molar-refractivity contribution in [2.45, 2.75) is 234 Å². The number of carboxylic acids is 3. The van der Waals surface area contributed by atoms with Gasteiger partial charge in [0, 0.05) is 19.3 Å². The maximum Gasteiger partial charge on any atom is 0.320 e. The standard InChI is InChI=1S/2C11H21NO.C10H19NO2.C9H17NO3.C9H17NO.C8H15NO2.C5H9NO4/c1-5-6-7-8-9-11(10(2)13)12(3)4;1-4-6-7-8-9-11(10(3)13)12-5-2;1-3-5-6-7-8-9(10(12)13)11-4-2;1-7(11)8(10(2)3)5-6-9(12)13-4;1-3-4-5-6-7-9(10)8(2)11;1-7(11)8(9(2)3)5-4-6-10;6-3(5(9)10)1-2-4(7)8/h6-7,11H,5,8-9H2,1-4H3;6-7,11-12H,4-5,8-9H2,1-3H3;5-6,9,11H,3-4,7-8H2,1-2H3,(H,12,13);8H,5-6H2,1-4H3;4-5,9H,3,6-7,10H2,1-2H3;6,8H,4-5H2,1-3H3;3H,1-2,6H2,(H,7,8)(H,9,10)/b2*7-6+;6-5+;;5-4+;;/t2*11-;9-;8-;9-;8-;3-/m0000000/s1. The fourth-order valence-electron chi connectivity index (χ4n) is 7.11. The Morgan fingerprint density at radius 1 is 0.429 bits per heavy atom. The second-order valence-electron chi connectivity index (χ2n) is 20.2. The van der Waals surface area contributed by atoms with Gasteiger partial charge in [-0.05, 0) is 186 Å². The van der Waals surface area contributed by atoms with Crippen LogP contribution in [0.1, 0.15) is 192 Å². The van der Waals surface area contributed by atoms with E-state index in [9.17, 15) is 47.9 Å². The molecule has 0 bridgehead atoms. The molecule has 0 aromatic heterocycles. The molecule has 21 nitrogen and oxygen atoms in total. The number of carbonyl (C=O) groups excluding carboxylic acids is 7. The van der Waals surface area contributed by atoms with E-state index in [1.165, 1.54) is 21.0 Å². The SMILES string of the molecule is CC(=O)[C@H](CCC=O)N(C)C.CC/C=C/CC[C@@H](C(C)=O)N(C)C.CC/C=C/CC[C@H](N)C(C)=O.CC/C=C/CC[C@H](NCC)C(=O)O.CC/C=C/CC[C@H](NCC)C(C)=O.COC(=O)CC[C@@H](C(C)=O)N(C)C.N[C@@H](CCC(=O)O)C(=O)O. The number of carboxylic acid groups (broad SMARTS) is 3. The van der Waals surface area contributed by atoms with Gasteiger partial charge in [-0.1, -0.05) is 90.2 Å². The van der Waals surface area contributed by atoms with Gasteiger partial charge < -0.3 is 47.0 Å². The maximum atomic E-state index is 11.2. The smallest absolute Gasteiger partial charge is 0.320 e. The second kappa shape index (κ2) is 65.1. The Labute approximate surface area is 507 Å². The highest BCUT2D eigenvalue weighted by atomic mass is 16.5. The number of hydrogen-bond donors (Lipinski definition) is 7. The molecule has 0 aliphatic carbocycles. The van der Waals surface area contributed by atoms with Crippen LogP contribution in [0.5, 0.6) is 0 Å². The predicted octanol–water partition coefficient (Wildman–Crippen LogP) is 8.20. The first-order valence-electron chi connectivity index (χ1n) is 29.6. The number of ketones is 5. The first-order valence-corrected chi connectivity index (χ1v) is 29.6. The van der Waals surface area contributed by atoms with Crippen molar-refractivity contribution in [3.05, 3.63) is 48.6 Å². The van der Waals surface area contributed by atoms with Gasteiger partial charge in [0.15, 0.2) is 0 Å². The summed E-state index contributed by atoms with van der Waals surface area (Å²) < 4.78 is 4.49. The van der Waals surface area contributed by atoms with Crippen LogP contribution in [0.15, 0.2) is 48.6 Å². The Morgan fingerprint density at radius 2 is 0.774 bits per heavy atom. The van der Waals surface area contributed by atoms with Crippen molar-refractivity contribution in [1.29, 1.82) is 0 Å². The number of Topliss-reactive ketones (excluding diaryl/α,β-unsaturated/α-hetero) is 5. The number of nitrogens with two attached hydrogens (primary N) is 2. The zero-order valence-electron chi connectivity index (χ0n) is 55.2. The highest BCUT2D eigenvalue weighted by molar-refractivity contribution is 5.83. The third-order valence-corrected chi connectivity index (χ3v) is 12.0. The Morgan fingerprint density at radius 3 is 1.06 bits per heavy atom. The van der Waals surface area contributed by atoms with Crippen molar-refractivity contribution in [1.82, 2.24) is 25.3 Å². The first kappa shape index (κ1) is 92.3. The summed E-state index contributed by atoms with van der Waals surface area (Å²) in [4.78, 5) is 112. The second-order valence-corrected chi connectivity index (χ2v) is 20.2. The van der Waals surface area contributed by atoms with Crippen molar-refractivity contribution in [2.75, 3.05) is 62.5 Å². The van der Waals surface area contributed by atoms with Gasteiger partial charge in [0.05, 0.1) is 37.3 Å². The lowest BCUT2D eigenvalue weighted by Crippen LogP contribution is -2.36. The van der Waals surface area contributed by atoms with Crippen LogP contribution in [0.3, 0.4) is 0 Å². The van der Waals surface area contributed by atoms with Crippen LogP contribution in [-0.4, -0.2) is 194 Å². The largest absolute Gasteiger partial charge is 0.481 e. The molecular weight excluding hydrogens is 1080 g/mol. The molecule has 0 aromatic carbocycles. The number of methoxy groups -OCH3 is 1. The van der Waals surface area contributed by atoms with Crippen molar-refractivity contribution >= 4 is 59.1 Å². The number of esters is 1. The summed E-state index contributed by atoms with van der Waals surface area (Å²) in [7, 11) is 12.6. The summed E-state index contributed by atoms with van der Waals surface area (Å²) in [5, 5.41) is 31.1. The third-order valence-electron chi connectivity index (χ3n) is 12.0. The van der Waals surface area contributed by atoms with Gasteiger partial charge in [-0.15, -0.1) is 0 Å². The molecular formula is C63H119N7O14. The van der Waals surface area contributed by atoms with E-state index in [1.807, 2.05) is 76.9 Å². The number of likely N-dealkylation sites (N-methyl/N-ethyl adjacent to an activating group) is 5. The van der Waals surface area contributed by atoms with E-state index in [2.05, 4.69) is 85.6 Å². The lowest BCUT2D eigenvalue weighted by atomic mass is 10.1. The molecule has 0 fully saturated rings. The third kappa shape index (κ3) is 67.4. The molecule has 0 amide bonds. The molecule has 490 valence electrons. The van der Waals surface area contributed by atoms with E-state index in [1.54, 1.807) is 20.8 Å². The van der Waals surface area contributed by atoms with Gasteiger partial charge in [-0.2, -0.15) is 0 Å². The summed E-state index contributed by atoms with van der Waals surface area (Å²) >= 11 is 0. The first-order chi connectivity index (χ1) is 39.3. The van der Waals surface area contributed by atoms with Crippen molar-refractivity contribution in [2.24, 2.45) is 11.5 Å². The highest BCUT2D eigenvalue weighted by Crippen LogP contribution is 2.08. The van der Waals surface area contributed by atoms with Gasteiger partial charge in [-0.25, -0.2) is 0 Å². The Bertz CT molecular complexity index is 1820. The molecule has 21 heteroatoms. The minimum absolute atomic E-state index is 0.0231. The normalized spacial score (nSPS) is 13.3. The molecule has 9 N–H and O–H groups in total. The van der Waals surface area contributed by atoms with Gasteiger partial charge in [0.2, 0.25) is 0 Å². The van der Waals surface area contributed by atoms with Crippen LogP contribution in [-0.2, 0) is 52.7 Å². The van der Waals surface area contributed by atoms with E-state index in [0.29, 0.717) is 38.6 Å². The molecule has 7 atom stereocenters. The summed E-state index contributed by atoms with van der Waals surface area (Å²) in [6.45, 7) is 21.8. The zero-order valence-corrected chi connectivity index (χ0v) is 55.2. The number of nitrogens with zero attached hydrogens (tertiary/aromatic N) is 3. The minimum atomic E-state index is -1.17. The van der Waals surface area contributed by atoms with E-state index in [0.717, 1.165) is 83.5 Å². The molecule has 0 aliphatic heterocycles. The van der Waals surface area contributed by atoms with Crippen LogP contribution >= 0.6 is 0 Å². The van der Waals surface area contributed by atoms with Gasteiger partial charge in [0.25, 0.3) is 0 Å². The molecule has 0 radical (unpaired) electrons. The lowest BCUT2D eigenvalue weighted by Gasteiger charge is -2.20. The van der Waals surface area contributed by atoms with E-state index in [-0.39, 0.29) is 77.9 Å². The van der Waals surface area contributed by atoms with E-state index >= 15 is 0 Å². The number of carbonyl (C=O) groups is 10. The van der Waals surface area contributed by atoms with Gasteiger partial charge in [0.1, 0.15) is 47.3 Å². The van der Waals surface area contributed by atoms with Crippen LogP contribution in [0.2, 0.25) is 0 Å². The fourth-order valence-corrected chi connectivity index (χ4v) is 7.11. The van der Waals surface area contributed by atoms with Gasteiger partial charge in [-0.3, -0.25) is 57.9 Å². The number of ether oxygens (including phenoxy) is 1. The quantitative estimate of drug-likeness (QED) is 0.0173. The zero-order chi connectivity index (χ0) is 66.6. The van der Waals surface area contributed by atoms with Crippen molar-refractivity contribution in [3.63, 3.8) is 0 Å². The molecule has 0 saturated heterocycles. The minimum Gasteiger partial charge on any atom is -0.481 e. The van der Waals surface area contributed by atoms with E-state index in [4.69, 9.17) is 26.8 Å². The monoisotopic (exact) mass is 1200 g/mol. The van der Waals surface area contributed by atoms with Gasteiger partial charge >= 0.3 is 23.9 Å². The summed E-state index contributed by atoms with van der Waals surface area (Å²) in [5.74, 6) is -2.44. The predicted molar refractivity (Wildman–Crippen MR) is 340 cm³/mol. The molecule has 0 spiro atoms. The maximum absolute atomic E-state index is 11.2. The van der Waals surface area contributed by atoms with Crippen molar-refractivity contribution in [3.8, 4) is 0 Å². The summed E-state index contributed by atoms with van der Waals surface area (Å²) in [6.07, 6.45) is 30.6. The van der Waals surface area contributed by atoms with Crippen LogP contribution in [0.4, 0.5) is 0 Å².